The first kappa shape index (κ1) is 15.3. The summed E-state index contributed by atoms with van der Waals surface area (Å²) in [7, 11) is 1.53. The monoisotopic (exact) mass is 321 g/mol. The Bertz CT molecular complexity index is 635. The maximum Gasteiger partial charge on any atom is 0.236 e. The molecule has 2 fully saturated rings. The number of methoxy groups -OCH3 is 1. The summed E-state index contributed by atoms with van der Waals surface area (Å²) in [6.07, 6.45) is 4.50. The number of hydrogen-bond donors (Lipinski definition) is 1. The molecule has 1 saturated heterocycles. The second kappa shape index (κ2) is 5.58. The smallest absolute Gasteiger partial charge is 0.236 e. The van der Waals surface area contributed by atoms with Crippen molar-refractivity contribution in [3.63, 3.8) is 0 Å². The molecule has 1 aliphatic heterocycles. The van der Waals surface area contributed by atoms with E-state index < -0.39 is 11.5 Å². The van der Waals surface area contributed by atoms with Gasteiger partial charge in [0, 0.05) is 10.6 Å². The molecule has 1 amide bonds. The van der Waals surface area contributed by atoms with E-state index in [1.165, 1.54) is 7.11 Å². The first-order chi connectivity index (χ1) is 10.5. The van der Waals surface area contributed by atoms with Crippen LogP contribution in [-0.4, -0.2) is 24.3 Å². The summed E-state index contributed by atoms with van der Waals surface area (Å²) >= 11 is 6.34. The maximum atomic E-state index is 13.0. The first-order valence-electron chi connectivity index (χ1n) is 7.69. The second-order valence-electron chi connectivity index (χ2n) is 6.29. The molecule has 118 valence electrons. The molecule has 1 atom stereocenters. The molecule has 22 heavy (non-hydrogen) atoms. The fourth-order valence-electron chi connectivity index (χ4n) is 3.72. The van der Waals surface area contributed by atoms with E-state index >= 15 is 0 Å². The van der Waals surface area contributed by atoms with Crippen molar-refractivity contribution in [2.45, 2.75) is 50.5 Å². The van der Waals surface area contributed by atoms with Crippen LogP contribution in [0.2, 0.25) is 5.02 Å². The molecule has 1 aromatic carbocycles. The van der Waals surface area contributed by atoms with E-state index in [2.05, 4.69) is 5.32 Å². The van der Waals surface area contributed by atoms with Crippen molar-refractivity contribution in [2.75, 3.05) is 7.11 Å². The standard InChI is InChI=1S/C17H20ClNO3/c1-10-8-11(18)13(12(9-10)22-2)14-15(20)17(19-16(14)21)6-4-3-5-7-17/h8-9,14H,3-7H2,1-2H3,(H,19,21). The molecule has 1 N–H and O–H groups in total. The van der Waals surface area contributed by atoms with Crippen LogP contribution in [0.4, 0.5) is 0 Å². The number of benzene rings is 1. The molecule has 0 radical (unpaired) electrons. The molecular formula is C17H20ClNO3. The Morgan fingerprint density at radius 1 is 1.23 bits per heavy atom. The maximum absolute atomic E-state index is 13.0. The predicted molar refractivity (Wildman–Crippen MR) is 84.4 cm³/mol. The van der Waals surface area contributed by atoms with Crippen LogP contribution in [0, 0.1) is 6.92 Å². The van der Waals surface area contributed by atoms with Crippen LogP contribution in [0.5, 0.6) is 5.75 Å². The van der Waals surface area contributed by atoms with Gasteiger partial charge in [0.2, 0.25) is 5.91 Å². The van der Waals surface area contributed by atoms with Crippen molar-refractivity contribution >= 4 is 23.3 Å². The Hall–Kier alpha value is -1.55. The van der Waals surface area contributed by atoms with E-state index in [4.69, 9.17) is 16.3 Å². The molecule has 1 saturated carbocycles. The lowest BCUT2D eigenvalue weighted by Gasteiger charge is -2.31. The summed E-state index contributed by atoms with van der Waals surface area (Å²) in [6, 6.07) is 3.58. The zero-order valence-corrected chi connectivity index (χ0v) is 13.6. The molecule has 0 bridgehead atoms. The number of amides is 1. The third kappa shape index (κ3) is 2.30. The highest BCUT2D eigenvalue weighted by Gasteiger charge is 2.54. The highest BCUT2D eigenvalue weighted by Crippen LogP contribution is 2.43. The molecule has 1 aromatic rings. The van der Waals surface area contributed by atoms with Crippen LogP contribution in [-0.2, 0) is 9.59 Å². The van der Waals surface area contributed by atoms with E-state index in [9.17, 15) is 9.59 Å². The van der Waals surface area contributed by atoms with Gasteiger partial charge in [-0.2, -0.15) is 0 Å². The molecule has 4 nitrogen and oxygen atoms in total. The summed E-state index contributed by atoms with van der Waals surface area (Å²) in [5.74, 6) is -0.662. The van der Waals surface area contributed by atoms with Crippen molar-refractivity contribution in [3.8, 4) is 5.75 Å². The predicted octanol–water partition coefficient (Wildman–Crippen LogP) is 3.14. The summed E-state index contributed by atoms with van der Waals surface area (Å²) in [6.45, 7) is 1.90. The van der Waals surface area contributed by atoms with Gasteiger partial charge in [0.15, 0.2) is 5.78 Å². The van der Waals surface area contributed by atoms with Gasteiger partial charge in [-0.25, -0.2) is 0 Å². The average Bonchev–Trinajstić information content (AvgIpc) is 2.71. The van der Waals surface area contributed by atoms with Crippen LogP contribution in [0.15, 0.2) is 12.1 Å². The number of halogens is 1. The van der Waals surface area contributed by atoms with Gasteiger partial charge < -0.3 is 10.1 Å². The topological polar surface area (TPSA) is 55.4 Å². The zero-order valence-electron chi connectivity index (χ0n) is 12.9. The average molecular weight is 322 g/mol. The third-order valence-corrected chi connectivity index (χ3v) is 5.12. The van der Waals surface area contributed by atoms with E-state index in [0.717, 1.165) is 37.7 Å². The fraction of sp³-hybridized carbons (Fsp3) is 0.529. The minimum atomic E-state index is -0.860. The van der Waals surface area contributed by atoms with Crippen LogP contribution < -0.4 is 10.1 Å². The third-order valence-electron chi connectivity index (χ3n) is 4.81. The van der Waals surface area contributed by atoms with E-state index in [-0.39, 0.29) is 11.7 Å². The number of ether oxygens (including phenoxy) is 1. The van der Waals surface area contributed by atoms with E-state index in [0.29, 0.717) is 16.3 Å². The van der Waals surface area contributed by atoms with Crippen LogP contribution in [0.3, 0.4) is 0 Å². The lowest BCUT2D eigenvalue weighted by molar-refractivity contribution is -0.125. The molecule has 1 unspecified atom stereocenters. The molecular weight excluding hydrogens is 302 g/mol. The molecule has 5 heteroatoms. The molecule has 0 aromatic heterocycles. The molecule has 1 spiro atoms. The number of carbonyl (C=O) groups excluding carboxylic acids is 2. The number of hydrogen-bond acceptors (Lipinski definition) is 3. The molecule has 1 heterocycles. The van der Waals surface area contributed by atoms with Gasteiger partial charge in [0.05, 0.1) is 12.6 Å². The SMILES string of the molecule is COc1cc(C)cc(Cl)c1C1C(=O)NC2(CCCCC2)C1=O. The Labute approximate surface area is 135 Å². The van der Waals surface area contributed by atoms with Crippen molar-refractivity contribution in [1.82, 2.24) is 5.32 Å². The van der Waals surface area contributed by atoms with Gasteiger partial charge in [0.1, 0.15) is 11.7 Å². The minimum absolute atomic E-state index is 0.0544. The number of carbonyl (C=O) groups is 2. The zero-order chi connectivity index (χ0) is 15.9. The number of aryl methyl sites for hydroxylation is 1. The highest BCUT2D eigenvalue weighted by molar-refractivity contribution is 6.33. The van der Waals surface area contributed by atoms with Crippen molar-refractivity contribution in [2.24, 2.45) is 0 Å². The number of rotatable bonds is 2. The van der Waals surface area contributed by atoms with Gasteiger partial charge in [-0.05, 0) is 37.5 Å². The summed E-state index contributed by atoms with van der Waals surface area (Å²) < 4.78 is 5.38. The lowest BCUT2D eigenvalue weighted by Crippen LogP contribution is -2.47. The quantitative estimate of drug-likeness (QED) is 0.851. The summed E-state index contributed by atoms with van der Waals surface area (Å²) in [4.78, 5) is 25.5. The normalized spacial score (nSPS) is 23.7. The summed E-state index contributed by atoms with van der Waals surface area (Å²) in [5, 5.41) is 3.37. The van der Waals surface area contributed by atoms with Crippen molar-refractivity contribution in [1.29, 1.82) is 0 Å². The Balaban J connectivity index is 2.06. The number of nitrogens with one attached hydrogen (secondary N) is 1. The minimum Gasteiger partial charge on any atom is -0.496 e. The number of Topliss-reactive ketones (excluding diaryl/α,β-unsaturated/α-hetero) is 1. The highest BCUT2D eigenvalue weighted by atomic mass is 35.5. The molecule has 2 aliphatic rings. The second-order valence-corrected chi connectivity index (χ2v) is 6.70. The van der Waals surface area contributed by atoms with Gasteiger partial charge in [-0.3, -0.25) is 9.59 Å². The van der Waals surface area contributed by atoms with Crippen molar-refractivity contribution in [3.05, 3.63) is 28.3 Å². The Morgan fingerprint density at radius 3 is 2.55 bits per heavy atom. The van der Waals surface area contributed by atoms with Crippen LogP contribution in [0.1, 0.15) is 49.1 Å². The fourth-order valence-corrected chi connectivity index (χ4v) is 4.10. The number of ketones is 1. The van der Waals surface area contributed by atoms with Crippen LogP contribution in [0.25, 0.3) is 0 Å². The van der Waals surface area contributed by atoms with E-state index in [1.54, 1.807) is 6.07 Å². The van der Waals surface area contributed by atoms with Gasteiger partial charge in [-0.1, -0.05) is 30.9 Å². The lowest BCUT2D eigenvalue weighted by atomic mass is 9.77. The molecule has 3 rings (SSSR count). The first-order valence-corrected chi connectivity index (χ1v) is 8.07. The summed E-state index contributed by atoms with van der Waals surface area (Å²) in [5.41, 5.74) is 0.739. The Morgan fingerprint density at radius 2 is 1.91 bits per heavy atom. The van der Waals surface area contributed by atoms with Gasteiger partial charge in [0.25, 0.3) is 0 Å². The largest absolute Gasteiger partial charge is 0.496 e. The van der Waals surface area contributed by atoms with Gasteiger partial charge in [-0.15, -0.1) is 0 Å². The van der Waals surface area contributed by atoms with Gasteiger partial charge >= 0.3 is 0 Å². The van der Waals surface area contributed by atoms with Crippen LogP contribution >= 0.6 is 11.6 Å². The molecule has 1 aliphatic carbocycles. The Kier molecular flexibility index (Phi) is 3.89. The van der Waals surface area contributed by atoms with E-state index in [1.807, 2.05) is 13.0 Å². The van der Waals surface area contributed by atoms with Crippen molar-refractivity contribution < 1.29 is 14.3 Å².